The number of thiazole rings is 1. The van der Waals surface area contributed by atoms with Gasteiger partial charge in [0, 0.05) is 11.1 Å². The molecule has 0 aliphatic heterocycles. The molecular weight excluding hydrogens is 312 g/mol. The van der Waals surface area contributed by atoms with E-state index in [2.05, 4.69) is 10.3 Å². The first-order chi connectivity index (χ1) is 9.77. The number of nitrogens with zero attached hydrogens (tertiary/aromatic N) is 1. The van der Waals surface area contributed by atoms with Gasteiger partial charge in [-0.05, 0) is 24.6 Å². The van der Waals surface area contributed by atoms with Gasteiger partial charge in [0.25, 0.3) is 0 Å². The number of primary sulfonamides is 1. The molecule has 1 aromatic heterocycles. The normalized spacial score (nSPS) is 11.3. The third-order valence-electron chi connectivity index (χ3n) is 2.78. The van der Waals surface area contributed by atoms with Crippen LogP contribution in [0.15, 0.2) is 28.5 Å². The number of aromatic nitrogens is 1. The van der Waals surface area contributed by atoms with Gasteiger partial charge in [0.15, 0.2) is 5.13 Å². The highest BCUT2D eigenvalue weighted by Gasteiger charge is 2.15. The summed E-state index contributed by atoms with van der Waals surface area (Å²) in [7, 11) is -3.83. The first-order valence-electron chi connectivity index (χ1n) is 5.89. The Morgan fingerprint density at radius 3 is 2.71 bits per heavy atom. The Hall–Kier alpha value is -1.97. The molecule has 112 valence electrons. The van der Waals surface area contributed by atoms with Gasteiger partial charge < -0.3 is 11.1 Å². The number of nitrogens with one attached hydrogen (secondary N) is 1. The fraction of sp³-hybridized carbons (Fsp3) is 0.167. The maximum atomic E-state index is 11.9. The van der Waals surface area contributed by atoms with Gasteiger partial charge in [0.2, 0.25) is 15.9 Å². The summed E-state index contributed by atoms with van der Waals surface area (Å²) in [6, 6.07) is 4.52. The molecule has 5 N–H and O–H groups in total. The molecule has 0 aliphatic carbocycles. The zero-order valence-corrected chi connectivity index (χ0v) is 12.8. The van der Waals surface area contributed by atoms with Gasteiger partial charge in [0.05, 0.1) is 17.0 Å². The van der Waals surface area contributed by atoms with Crippen LogP contribution in [0.3, 0.4) is 0 Å². The summed E-state index contributed by atoms with van der Waals surface area (Å²) in [5.74, 6) is -0.310. The third kappa shape index (κ3) is 3.78. The lowest BCUT2D eigenvalue weighted by molar-refractivity contribution is -0.115. The molecule has 0 saturated heterocycles. The molecule has 7 nitrogen and oxygen atoms in total. The zero-order chi connectivity index (χ0) is 15.6. The van der Waals surface area contributed by atoms with E-state index < -0.39 is 10.0 Å². The van der Waals surface area contributed by atoms with Gasteiger partial charge in [-0.25, -0.2) is 18.5 Å². The van der Waals surface area contributed by atoms with E-state index in [0.29, 0.717) is 22.1 Å². The highest BCUT2D eigenvalue weighted by molar-refractivity contribution is 7.89. The molecular formula is C12H14N4O3S2. The topological polar surface area (TPSA) is 128 Å². The summed E-state index contributed by atoms with van der Waals surface area (Å²) in [6.45, 7) is 1.58. The first-order valence-corrected chi connectivity index (χ1v) is 8.32. The van der Waals surface area contributed by atoms with Crippen LogP contribution in [0.1, 0.15) is 11.3 Å². The summed E-state index contributed by atoms with van der Waals surface area (Å²) >= 11 is 1.25. The highest BCUT2D eigenvalue weighted by atomic mass is 32.2. The molecule has 0 atom stereocenters. The predicted octanol–water partition coefficient (Wildman–Crippen LogP) is 0.862. The van der Waals surface area contributed by atoms with Gasteiger partial charge >= 0.3 is 0 Å². The molecule has 1 amide bonds. The molecule has 0 aliphatic rings. The van der Waals surface area contributed by atoms with Crippen molar-refractivity contribution < 1.29 is 13.2 Å². The van der Waals surface area contributed by atoms with E-state index in [-0.39, 0.29) is 17.2 Å². The van der Waals surface area contributed by atoms with Crippen LogP contribution < -0.4 is 16.2 Å². The largest absolute Gasteiger partial charge is 0.375 e. The summed E-state index contributed by atoms with van der Waals surface area (Å²) < 4.78 is 22.9. The molecule has 21 heavy (non-hydrogen) atoms. The van der Waals surface area contributed by atoms with Gasteiger partial charge in [-0.15, -0.1) is 11.3 Å². The number of hydrogen-bond donors (Lipinski definition) is 3. The number of carbonyl (C=O) groups is 1. The average molecular weight is 326 g/mol. The Morgan fingerprint density at radius 2 is 2.14 bits per heavy atom. The summed E-state index contributed by atoms with van der Waals surface area (Å²) in [4.78, 5) is 15.9. The van der Waals surface area contributed by atoms with Gasteiger partial charge in [-0.1, -0.05) is 6.07 Å². The molecule has 0 unspecified atom stereocenters. The van der Waals surface area contributed by atoms with Crippen LogP contribution in [0.25, 0.3) is 0 Å². The van der Waals surface area contributed by atoms with E-state index >= 15 is 0 Å². The Kier molecular flexibility index (Phi) is 4.26. The number of anilines is 2. The van der Waals surface area contributed by atoms with Crippen LogP contribution in [0.5, 0.6) is 0 Å². The second-order valence-corrected chi connectivity index (χ2v) is 6.80. The number of carbonyl (C=O) groups excluding carboxylic acids is 1. The first kappa shape index (κ1) is 15.4. The second-order valence-electron chi connectivity index (χ2n) is 4.38. The van der Waals surface area contributed by atoms with Crippen LogP contribution in [-0.2, 0) is 21.2 Å². The van der Waals surface area contributed by atoms with E-state index in [1.807, 2.05) is 0 Å². The van der Waals surface area contributed by atoms with Crippen molar-refractivity contribution in [3.05, 3.63) is 34.8 Å². The van der Waals surface area contributed by atoms with E-state index in [9.17, 15) is 13.2 Å². The lowest BCUT2D eigenvalue weighted by Crippen LogP contribution is -2.18. The molecule has 9 heteroatoms. The molecule has 1 heterocycles. The second kappa shape index (κ2) is 5.80. The minimum Gasteiger partial charge on any atom is -0.375 e. The van der Waals surface area contributed by atoms with Crippen molar-refractivity contribution in [3.8, 4) is 0 Å². The summed E-state index contributed by atoms with van der Waals surface area (Å²) in [5.41, 5.74) is 6.85. The molecule has 1 aromatic carbocycles. The minimum atomic E-state index is -3.83. The maximum absolute atomic E-state index is 11.9. The van der Waals surface area contributed by atoms with Crippen LogP contribution in [-0.4, -0.2) is 19.3 Å². The van der Waals surface area contributed by atoms with Crippen molar-refractivity contribution in [2.75, 3.05) is 11.1 Å². The van der Waals surface area contributed by atoms with Crippen molar-refractivity contribution in [3.63, 3.8) is 0 Å². The standard InChI is InChI=1S/C12H14N4O3S2/c1-7-9(3-2-4-10(7)21(14,18)19)16-11(17)5-8-6-20-12(13)15-8/h2-4,6H,5H2,1H3,(H2,13,15)(H,16,17)(H2,14,18,19). The van der Waals surface area contributed by atoms with Crippen molar-refractivity contribution in [1.82, 2.24) is 4.98 Å². The number of nitrogen functional groups attached to an aromatic ring is 1. The number of rotatable bonds is 4. The van der Waals surface area contributed by atoms with Crippen molar-refractivity contribution in [1.29, 1.82) is 0 Å². The van der Waals surface area contributed by atoms with E-state index in [0.717, 1.165) is 0 Å². The van der Waals surface area contributed by atoms with Crippen LogP contribution in [0.4, 0.5) is 10.8 Å². The highest BCUT2D eigenvalue weighted by Crippen LogP contribution is 2.22. The Labute approximate surface area is 126 Å². The Balaban J connectivity index is 2.18. The third-order valence-corrected chi connectivity index (χ3v) is 4.55. The number of sulfonamides is 1. The van der Waals surface area contributed by atoms with Crippen molar-refractivity contribution in [2.24, 2.45) is 5.14 Å². The van der Waals surface area contributed by atoms with Crippen LogP contribution in [0, 0.1) is 6.92 Å². The smallest absolute Gasteiger partial charge is 0.238 e. The molecule has 0 bridgehead atoms. The van der Waals surface area contributed by atoms with Crippen LogP contribution >= 0.6 is 11.3 Å². The minimum absolute atomic E-state index is 0.0156. The fourth-order valence-electron chi connectivity index (χ4n) is 1.82. The fourth-order valence-corrected chi connectivity index (χ4v) is 3.19. The number of hydrogen-bond acceptors (Lipinski definition) is 6. The Bertz CT molecular complexity index is 784. The van der Waals surface area contributed by atoms with Crippen molar-refractivity contribution in [2.45, 2.75) is 18.2 Å². The average Bonchev–Trinajstić information content (AvgIpc) is 2.75. The number of benzene rings is 1. The lowest BCUT2D eigenvalue weighted by atomic mass is 10.2. The molecule has 0 saturated carbocycles. The lowest BCUT2D eigenvalue weighted by Gasteiger charge is -2.10. The quantitative estimate of drug-likeness (QED) is 0.767. The van der Waals surface area contributed by atoms with E-state index in [1.54, 1.807) is 18.4 Å². The van der Waals surface area contributed by atoms with Gasteiger partial charge in [0.1, 0.15) is 0 Å². The zero-order valence-electron chi connectivity index (χ0n) is 11.2. The molecule has 0 radical (unpaired) electrons. The molecule has 2 rings (SSSR count). The molecule has 0 fully saturated rings. The summed E-state index contributed by atoms with van der Waals surface area (Å²) in [6.07, 6.45) is 0.0622. The number of nitrogens with two attached hydrogens (primary N) is 2. The molecule has 0 spiro atoms. The SMILES string of the molecule is Cc1c(NC(=O)Cc2csc(N)n2)cccc1S(N)(=O)=O. The Morgan fingerprint density at radius 1 is 1.43 bits per heavy atom. The van der Waals surface area contributed by atoms with E-state index in [4.69, 9.17) is 10.9 Å². The maximum Gasteiger partial charge on any atom is 0.238 e. The predicted molar refractivity (Wildman–Crippen MR) is 81.4 cm³/mol. The summed E-state index contributed by atoms with van der Waals surface area (Å²) in [5, 5.41) is 9.86. The van der Waals surface area contributed by atoms with Crippen LogP contribution in [0.2, 0.25) is 0 Å². The molecule has 2 aromatic rings. The van der Waals surface area contributed by atoms with Gasteiger partial charge in [-0.2, -0.15) is 0 Å². The van der Waals surface area contributed by atoms with E-state index in [1.165, 1.54) is 23.5 Å². The van der Waals surface area contributed by atoms with Gasteiger partial charge in [-0.3, -0.25) is 4.79 Å². The number of amides is 1. The van der Waals surface area contributed by atoms with Crippen molar-refractivity contribution >= 4 is 38.1 Å². The monoisotopic (exact) mass is 326 g/mol.